The van der Waals surface area contributed by atoms with Crippen molar-refractivity contribution in [3.05, 3.63) is 72.1 Å². The number of hydrogen-bond acceptors (Lipinski definition) is 7. The minimum absolute atomic E-state index is 0.101. The molecule has 3 aromatic rings. The number of fused-ring (bicyclic) bond motifs is 4. The van der Waals surface area contributed by atoms with Crippen LogP contribution in [0.4, 0.5) is 0 Å². The molecule has 2 fully saturated rings. The van der Waals surface area contributed by atoms with Crippen LogP contribution in [0.3, 0.4) is 0 Å². The van der Waals surface area contributed by atoms with Crippen LogP contribution in [-0.2, 0) is 23.1 Å². The molecule has 4 atom stereocenters. The van der Waals surface area contributed by atoms with Gasteiger partial charge in [0.25, 0.3) is 5.91 Å². The van der Waals surface area contributed by atoms with E-state index in [0.29, 0.717) is 63.4 Å². The lowest BCUT2D eigenvalue weighted by Crippen LogP contribution is -2.61. The summed E-state index contributed by atoms with van der Waals surface area (Å²) in [4.78, 5) is 31.7. The molecule has 0 spiro atoms. The van der Waals surface area contributed by atoms with Gasteiger partial charge in [-0.3, -0.25) is 19.2 Å². The van der Waals surface area contributed by atoms with E-state index in [-0.39, 0.29) is 24.5 Å². The van der Waals surface area contributed by atoms with E-state index in [1.807, 2.05) is 43.6 Å². The maximum absolute atomic E-state index is 14.1. The third kappa shape index (κ3) is 6.14. The Bertz CT molecular complexity index is 1380. The van der Waals surface area contributed by atoms with Crippen LogP contribution in [-0.4, -0.2) is 93.6 Å². The van der Waals surface area contributed by atoms with E-state index in [9.17, 15) is 14.7 Å². The number of rotatable bonds is 3. The first-order valence-corrected chi connectivity index (χ1v) is 14.4. The molecule has 2 aromatic carbocycles. The Hall–Kier alpha value is -3.73. The molecular formula is C31H37N5O5. The van der Waals surface area contributed by atoms with Gasteiger partial charge in [0.15, 0.2) is 0 Å². The van der Waals surface area contributed by atoms with Crippen molar-refractivity contribution in [2.24, 2.45) is 7.05 Å². The summed E-state index contributed by atoms with van der Waals surface area (Å²) in [6.07, 6.45) is 4.37. The SMILES string of the molecule is Cn1cc(-c2ccc3c(c2)OCC[C@@H]2CC[C@H](O)[C@@H](CNC(=O)[C@@H]4CN(Cc5ccccc5)CCN4C3=O)O2)cn1. The first-order valence-electron chi connectivity index (χ1n) is 14.4. The molecule has 6 rings (SSSR count). The number of piperazine rings is 1. The second kappa shape index (κ2) is 12.0. The Morgan fingerprint density at radius 3 is 2.71 bits per heavy atom. The quantitative estimate of drug-likeness (QED) is 0.507. The number of ether oxygens (including phenoxy) is 2. The average molecular weight is 560 g/mol. The molecule has 0 unspecified atom stereocenters. The normalized spacial score (nSPS) is 25.9. The molecule has 4 heterocycles. The van der Waals surface area contributed by atoms with Gasteiger partial charge in [0.2, 0.25) is 5.91 Å². The highest BCUT2D eigenvalue weighted by Crippen LogP contribution is 2.31. The average Bonchev–Trinajstić information content (AvgIpc) is 3.43. The third-order valence-corrected chi connectivity index (χ3v) is 8.28. The number of nitrogens with zero attached hydrogens (tertiary/aromatic N) is 4. The minimum atomic E-state index is -0.703. The van der Waals surface area contributed by atoms with Crippen LogP contribution < -0.4 is 10.1 Å². The summed E-state index contributed by atoms with van der Waals surface area (Å²) in [6, 6.07) is 15.0. The van der Waals surface area contributed by atoms with Crippen LogP contribution in [0.1, 0.15) is 35.2 Å². The van der Waals surface area contributed by atoms with Gasteiger partial charge in [-0.25, -0.2) is 0 Å². The van der Waals surface area contributed by atoms with Crippen molar-refractivity contribution in [1.82, 2.24) is 24.9 Å². The summed E-state index contributed by atoms with van der Waals surface area (Å²) >= 11 is 0. The van der Waals surface area contributed by atoms with Gasteiger partial charge in [0.05, 0.1) is 30.6 Å². The number of nitrogens with one attached hydrogen (secondary N) is 1. The second-order valence-corrected chi connectivity index (χ2v) is 11.2. The molecule has 2 N–H and O–H groups in total. The minimum Gasteiger partial charge on any atom is -0.493 e. The Morgan fingerprint density at radius 2 is 1.90 bits per heavy atom. The lowest BCUT2D eigenvalue weighted by Gasteiger charge is -2.41. The maximum atomic E-state index is 14.1. The Labute approximate surface area is 239 Å². The summed E-state index contributed by atoms with van der Waals surface area (Å²) in [7, 11) is 1.86. The highest BCUT2D eigenvalue weighted by molar-refractivity contribution is 6.00. The summed E-state index contributed by atoms with van der Waals surface area (Å²) < 4.78 is 14.2. The Morgan fingerprint density at radius 1 is 1.05 bits per heavy atom. The van der Waals surface area contributed by atoms with E-state index < -0.39 is 18.2 Å². The van der Waals surface area contributed by atoms with Crippen LogP contribution >= 0.6 is 0 Å². The fourth-order valence-corrected chi connectivity index (χ4v) is 5.98. The molecule has 2 saturated heterocycles. The molecule has 0 radical (unpaired) electrons. The molecule has 41 heavy (non-hydrogen) atoms. The van der Waals surface area contributed by atoms with Crippen molar-refractivity contribution >= 4 is 11.8 Å². The summed E-state index contributed by atoms with van der Waals surface area (Å²) in [5.74, 6) is -0.00184. The maximum Gasteiger partial charge on any atom is 0.258 e. The monoisotopic (exact) mass is 559 g/mol. The Kier molecular flexibility index (Phi) is 8.04. The molecule has 216 valence electrons. The number of amides is 2. The smallest absolute Gasteiger partial charge is 0.258 e. The van der Waals surface area contributed by atoms with Gasteiger partial charge in [-0.15, -0.1) is 0 Å². The predicted octanol–water partition coefficient (Wildman–Crippen LogP) is 2.22. The third-order valence-electron chi connectivity index (χ3n) is 8.28. The highest BCUT2D eigenvalue weighted by atomic mass is 16.5. The first kappa shape index (κ1) is 27.4. The van der Waals surface area contributed by atoms with Crippen LogP contribution in [0.2, 0.25) is 0 Å². The van der Waals surface area contributed by atoms with Gasteiger partial charge >= 0.3 is 0 Å². The van der Waals surface area contributed by atoms with Gasteiger partial charge < -0.3 is 24.8 Å². The topological polar surface area (TPSA) is 109 Å². The summed E-state index contributed by atoms with van der Waals surface area (Å²) in [5, 5.41) is 17.9. The first-order chi connectivity index (χ1) is 19.9. The Balaban J connectivity index is 1.32. The molecule has 0 aliphatic carbocycles. The number of aliphatic hydroxyl groups excluding tert-OH is 1. The molecule has 3 aliphatic rings. The van der Waals surface area contributed by atoms with Crippen LogP contribution in [0.25, 0.3) is 11.1 Å². The zero-order valence-corrected chi connectivity index (χ0v) is 23.3. The molecule has 2 bridgehead atoms. The number of carbonyl (C=O) groups excluding carboxylic acids is 2. The van der Waals surface area contributed by atoms with E-state index in [4.69, 9.17) is 9.47 Å². The number of hydrogen-bond donors (Lipinski definition) is 2. The van der Waals surface area contributed by atoms with Gasteiger partial charge in [-0.2, -0.15) is 5.10 Å². The molecular weight excluding hydrogens is 522 g/mol. The van der Waals surface area contributed by atoms with Crippen LogP contribution in [0, 0.1) is 0 Å². The molecule has 10 nitrogen and oxygen atoms in total. The lowest BCUT2D eigenvalue weighted by molar-refractivity contribution is -0.135. The van der Waals surface area contributed by atoms with Crippen molar-refractivity contribution in [2.75, 3.05) is 32.8 Å². The zero-order chi connectivity index (χ0) is 28.3. The largest absolute Gasteiger partial charge is 0.493 e. The number of aliphatic hydroxyl groups is 1. The number of benzene rings is 2. The second-order valence-electron chi connectivity index (χ2n) is 11.2. The van der Waals surface area contributed by atoms with E-state index in [0.717, 1.165) is 16.7 Å². The highest BCUT2D eigenvalue weighted by Gasteiger charge is 2.38. The van der Waals surface area contributed by atoms with Crippen LogP contribution in [0.15, 0.2) is 60.9 Å². The van der Waals surface area contributed by atoms with E-state index in [1.165, 1.54) is 0 Å². The summed E-state index contributed by atoms with van der Waals surface area (Å²) in [6.45, 7) is 2.68. The van der Waals surface area contributed by atoms with Crippen molar-refractivity contribution in [3.63, 3.8) is 0 Å². The van der Waals surface area contributed by atoms with Crippen molar-refractivity contribution < 1.29 is 24.2 Å². The fraction of sp³-hybridized carbons (Fsp3) is 0.452. The summed E-state index contributed by atoms with van der Waals surface area (Å²) in [5.41, 5.74) is 3.40. The van der Waals surface area contributed by atoms with Crippen molar-refractivity contribution in [2.45, 2.75) is 50.2 Å². The standard InChI is InChI=1S/C31H37N5O5/c1-34-19-23(16-33-34)22-7-9-25-28(15-22)40-14-11-24-8-10-27(37)29(41-24)17-32-30(38)26-20-35(12-13-36(26)31(25)39)18-21-5-3-2-4-6-21/h2-7,9,15-16,19,24,26-27,29,37H,8,10-14,17-18,20H2,1H3,(H,32,38)/t24-,26-,27-,29+/m0/s1. The van der Waals surface area contributed by atoms with Gasteiger partial charge in [-0.05, 0) is 36.1 Å². The van der Waals surface area contributed by atoms with E-state index >= 15 is 0 Å². The zero-order valence-electron chi connectivity index (χ0n) is 23.3. The molecule has 10 heteroatoms. The van der Waals surface area contributed by atoms with Gasteiger partial charge in [-0.1, -0.05) is 36.4 Å². The predicted molar refractivity (Wildman–Crippen MR) is 152 cm³/mol. The molecule has 3 aliphatic heterocycles. The van der Waals surface area contributed by atoms with Crippen LogP contribution in [0.5, 0.6) is 5.75 Å². The van der Waals surface area contributed by atoms with Gasteiger partial charge in [0, 0.05) is 58.0 Å². The van der Waals surface area contributed by atoms with Crippen molar-refractivity contribution in [1.29, 1.82) is 0 Å². The molecule has 2 amide bonds. The number of aromatic nitrogens is 2. The van der Waals surface area contributed by atoms with Gasteiger partial charge in [0.1, 0.15) is 17.9 Å². The van der Waals surface area contributed by atoms with E-state index in [1.54, 1.807) is 21.8 Å². The molecule has 0 saturated carbocycles. The fourth-order valence-electron chi connectivity index (χ4n) is 5.98. The molecule has 1 aromatic heterocycles. The number of aryl methyl sites for hydroxylation is 1. The lowest BCUT2D eigenvalue weighted by atomic mass is 9.98. The number of carbonyl (C=O) groups is 2. The van der Waals surface area contributed by atoms with Crippen molar-refractivity contribution in [3.8, 4) is 16.9 Å². The van der Waals surface area contributed by atoms with E-state index in [2.05, 4.69) is 27.4 Å².